The molecule has 0 atom stereocenters. The lowest BCUT2D eigenvalue weighted by atomic mass is 9.93. The first-order chi connectivity index (χ1) is 8.38. The minimum atomic E-state index is -0.725. The molecule has 5 nitrogen and oxygen atoms in total. The van der Waals surface area contributed by atoms with Gasteiger partial charge in [0.1, 0.15) is 0 Å². The Morgan fingerprint density at radius 3 is 2.28 bits per heavy atom. The normalized spacial score (nSPS) is 13.6. The van der Waals surface area contributed by atoms with Gasteiger partial charge in [0.2, 0.25) is 0 Å². The zero-order valence-electron chi connectivity index (χ0n) is 11.2. The van der Waals surface area contributed by atoms with Crippen molar-refractivity contribution in [2.75, 3.05) is 0 Å². The van der Waals surface area contributed by atoms with E-state index in [4.69, 9.17) is 5.11 Å². The Bertz CT molecular complexity index is 359. The monoisotopic (exact) mass is 251 g/mol. The summed E-state index contributed by atoms with van der Waals surface area (Å²) in [7, 11) is 0. The molecule has 1 fully saturated rings. The molecule has 0 aromatic carbocycles. The van der Waals surface area contributed by atoms with E-state index in [1.54, 1.807) is 6.20 Å². The number of aliphatic carboxylic acids is 1. The van der Waals surface area contributed by atoms with E-state index < -0.39 is 5.97 Å². The van der Waals surface area contributed by atoms with Crippen molar-refractivity contribution in [1.29, 1.82) is 0 Å². The van der Waals surface area contributed by atoms with E-state index in [1.165, 1.54) is 12.8 Å². The van der Waals surface area contributed by atoms with Gasteiger partial charge >= 0.3 is 5.97 Å². The summed E-state index contributed by atoms with van der Waals surface area (Å²) in [6, 6.07) is 0. The van der Waals surface area contributed by atoms with Gasteiger partial charge in [-0.25, -0.2) is 0 Å². The molecule has 1 aliphatic rings. The molecule has 0 spiro atoms. The van der Waals surface area contributed by atoms with Crippen LogP contribution < -0.4 is 0 Å². The number of rotatable bonds is 2. The Morgan fingerprint density at radius 1 is 1.50 bits per heavy atom. The minimum absolute atomic E-state index is 0.0775. The van der Waals surface area contributed by atoms with E-state index in [0.717, 1.165) is 11.6 Å². The molecule has 5 heteroatoms. The van der Waals surface area contributed by atoms with Crippen molar-refractivity contribution >= 4 is 5.97 Å². The van der Waals surface area contributed by atoms with Crippen molar-refractivity contribution in [3.8, 4) is 12.8 Å². The number of aromatic amines is 1. The number of carboxylic acids is 1. The van der Waals surface area contributed by atoms with Gasteiger partial charge < -0.3 is 5.11 Å². The fraction of sp³-hybridized carbons (Fsp3) is 0.615. The van der Waals surface area contributed by atoms with Crippen LogP contribution in [0, 0.1) is 18.3 Å². The number of carboxylic acid groups (broad SMARTS) is 1. The molecular weight excluding hydrogens is 230 g/mol. The Balaban J connectivity index is 0.000000283. The second-order valence-corrected chi connectivity index (χ2v) is 5.30. The highest BCUT2D eigenvalue weighted by Crippen LogP contribution is 2.38. The molecule has 0 bridgehead atoms. The van der Waals surface area contributed by atoms with Crippen molar-refractivity contribution in [3.63, 3.8) is 0 Å². The number of H-pyrrole nitrogens is 1. The van der Waals surface area contributed by atoms with Crippen LogP contribution >= 0.6 is 0 Å². The Kier molecular flexibility index (Phi) is 6.73. The van der Waals surface area contributed by atoms with Crippen LogP contribution in [0.1, 0.15) is 51.6 Å². The fourth-order valence-corrected chi connectivity index (χ4v) is 1.24. The van der Waals surface area contributed by atoms with Crippen LogP contribution in [0.2, 0.25) is 0 Å². The first-order valence-corrected chi connectivity index (χ1v) is 5.79. The van der Waals surface area contributed by atoms with Crippen molar-refractivity contribution in [3.05, 3.63) is 11.9 Å². The standard InChI is InChI=1S/C6H12O2.C5H7N3.C2H2/c1-6(2,3)4-5(7)8;1-2-4(1)5-3-6-8-7-5;1-2/h4H2,1-3H3,(H,7,8);3-4H,1-2H2,(H,6,7,8);1-2H. The lowest BCUT2D eigenvalue weighted by molar-refractivity contribution is -0.139. The maximum Gasteiger partial charge on any atom is 0.303 e. The average molecular weight is 251 g/mol. The molecule has 2 N–H and O–H groups in total. The van der Waals surface area contributed by atoms with Crippen LogP contribution in [0.5, 0.6) is 0 Å². The second-order valence-electron chi connectivity index (χ2n) is 5.30. The quantitative estimate of drug-likeness (QED) is 0.791. The van der Waals surface area contributed by atoms with Crippen LogP contribution in [0.25, 0.3) is 0 Å². The SMILES string of the molecule is C#C.CC(C)(C)CC(=O)O.c1n[nH]nc1C1CC1. The lowest BCUT2D eigenvalue weighted by Crippen LogP contribution is -2.11. The van der Waals surface area contributed by atoms with Gasteiger partial charge in [0.15, 0.2) is 0 Å². The van der Waals surface area contributed by atoms with E-state index in [2.05, 4.69) is 28.3 Å². The number of hydrogen-bond donors (Lipinski definition) is 2. The molecule has 0 radical (unpaired) electrons. The Morgan fingerprint density at radius 2 is 2.06 bits per heavy atom. The third kappa shape index (κ3) is 8.34. The van der Waals surface area contributed by atoms with E-state index >= 15 is 0 Å². The highest BCUT2D eigenvalue weighted by atomic mass is 16.4. The van der Waals surface area contributed by atoms with E-state index in [9.17, 15) is 4.79 Å². The smallest absolute Gasteiger partial charge is 0.303 e. The highest BCUT2D eigenvalue weighted by molar-refractivity contribution is 5.67. The fourth-order valence-electron chi connectivity index (χ4n) is 1.24. The molecule has 2 rings (SSSR count). The zero-order valence-corrected chi connectivity index (χ0v) is 11.2. The van der Waals surface area contributed by atoms with Gasteiger partial charge in [-0.1, -0.05) is 20.8 Å². The Hall–Kier alpha value is -1.83. The third-order valence-electron chi connectivity index (χ3n) is 2.11. The molecule has 1 aliphatic carbocycles. The van der Waals surface area contributed by atoms with Gasteiger partial charge in [0.05, 0.1) is 18.3 Å². The minimum Gasteiger partial charge on any atom is -0.481 e. The average Bonchev–Trinajstić information content (AvgIpc) is 2.95. The summed E-state index contributed by atoms with van der Waals surface area (Å²) in [5, 5.41) is 18.5. The van der Waals surface area contributed by atoms with Gasteiger partial charge in [0, 0.05) is 5.92 Å². The molecule has 0 unspecified atom stereocenters. The van der Waals surface area contributed by atoms with Crippen LogP contribution in [0.4, 0.5) is 0 Å². The topological polar surface area (TPSA) is 78.9 Å². The molecule has 100 valence electrons. The highest BCUT2D eigenvalue weighted by Gasteiger charge is 2.25. The van der Waals surface area contributed by atoms with Crippen LogP contribution in [0.15, 0.2) is 6.20 Å². The lowest BCUT2D eigenvalue weighted by Gasteiger charge is -2.13. The third-order valence-corrected chi connectivity index (χ3v) is 2.11. The molecule has 1 aromatic rings. The second kappa shape index (κ2) is 7.49. The molecule has 18 heavy (non-hydrogen) atoms. The maximum atomic E-state index is 10.0. The number of terminal acetylenes is 1. The van der Waals surface area contributed by atoms with E-state index in [-0.39, 0.29) is 11.8 Å². The summed E-state index contributed by atoms with van der Waals surface area (Å²) < 4.78 is 0. The van der Waals surface area contributed by atoms with Crippen LogP contribution in [-0.4, -0.2) is 26.5 Å². The maximum absolute atomic E-state index is 10.0. The molecule has 0 aliphatic heterocycles. The Labute approximate surface area is 108 Å². The molecule has 1 saturated carbocycles. The number of carbonyl (C=O) groups is 1. The summed E-state index contributed by atoms with van der Waals surface area (Å²) in [6.45, 7) is 5.71. The molecule has 0 amide bonds. The summed E-state index contributed by atoms with van der Waals surface area (Å²) in [4.78, 5) is 10.0. The molecule has 1 heterocycles. The van der Waals surface area contributed by atoms with Gasteiger partial charge in [-0.2, -0.15) is 15.4 Å². The molecule has 0 saturated heterocycles. The molecule has 1 aromatic heterocycles. The predicted octanol–water partition coefficient (Wildman–Crippen LogP) is 2.44. The van der Waals surface area contributed by atoms with Crippen molar-refractivity contribution < 1.29 is 9.90 Å². The van der Waals surface area contributed by atoms with Crippen LogP contribution in [-0.2, 0) is 4.79 Å². The number of nitrogens with zero attached hydrogens (tertiary/aromatic N) is 2. The van der Waals surface area contributed by atoms with Crippen LogP contribution in [0.3, 0.4) is 0 Å². The molecular formula is C13H21N3O2. The summed E-state index contributed by atoms with van der Waals surface area (Å²) in [5.74, 6) is 0.00579. The number of aromatic nitrogens is 3. The first-order valence-electron chi connectivity index (χ1n) is 5.79. The largest absolute Gasteiger partial charge is 0.481 e. The van der Waals surface area contributed by atoms with Crippen molar-refractivity contribution in [1.82, 2.24) is 15.4 Å². The number of nitrogens with one attached hydrogen (secondary N) is 1. The first kappa shape index (κ1) is 16.2. The van der Waals surface area contributed by atoms with E-state index in [0.29, 0.717) is 0 Å². The van der Waals surface area contributed by atoms with Gasteiger partial charge in [0.25, 0.3) is 0 Å². The summed E-state index contributed by atoms with van der Waals surface area (Å²) in [6.07, 6.45) is 12.6. The van der Waals surface area contributed by atoms with Gasteiger partial charge in [-0.15, -0.1) is 12.8 Å². The zero-order chi connectivity index (χ0) is 14.2. The number of hydrogen-bond acceptors (Lipinski definition) is 3. The van der Waals surface area contributed by atoms with Crippen molar-refractivity contribution in [2.24, 2.45) is 5.41 Å². The predicted molar refractivity (Wildman–Crippen MR) is 70.0 cm³/mol. The van der Waals surface area contributed by atoms with Crippen molar-refractivity contribution in [2.45, 2.75) is 46.0 Å². The van der Waals surface area contributed by atoms with E-state index in [1.807, 2.05) is 20.8 Å². The van der Waals surface area contributed by atoms with Gasteiger partial charge in [-0.3, -0.25) is 4.79 Å². The van der Waals surface area contributed by atoms with Gasteiger partial charge in [-0.05, 0) is 18.3 Å². The summed E-state index contributed by atoms with van der Waals surface area (Å²) in [5.41, 5.74) is 1.05. The summed E-state index contributed by atoms with van der Waals surface area (Å²) >= 11 is 0.